The molecule has 0 aliphatic heterocycles. The summed E-state index contributed by atoms with van der Waals surface area (Å²) in [5.41, 5.74) is 5.71. The van der Waals surface area contributed by atoms with Gasteiger partial charge >= 0.3 is 0 Å². The van der Waals surface area contributed by atoms with E-state index < -0.39 is 23.7 Å². The maximum absolute atomic E-state index is 13.0. The molecule has 1 rings (SSSR count). The van der Waals surface area contributed by atoms with Crippen molar-refractivity contribution in [1.29, 1.82) is 5.26 Å². The molecule has 0 bridgehead atoms. The Bertz CT molecular complexity index is 539. The number of carbonyl (C=O) groups is 2. The highest BCUT2D eigenvalue weighted by atomic mass is 19.1. The van der Waals surface area contributed by atoms with Gasteiger partial charge in [0.2, 0.25) is 11.8 Å². The zero-order valence-corrected chi connectivity index (χ0v) is 11.1. The number of benzene rings is 1. The van der Waals surface area contributed by atoms with Crippen LogP contribution < -0.4 is 11.1 Å². The minimum Gasteiger partial charge on any atom is -0.368 e. The number of hydrogen-bond acceptors (Lipinski definition) is 3. The summed E-state index contributed by atoms with van der Waals surface area (Å²) >= 11 is 0. The van der Waals surface area contributed by atoms with Crippen LogP contribution in [0.25, 0.3) is 0 Å². The van der Waals surface area contributed by atoms with Gasteiger partial charge in [-0.1, -0.05) is 19.1 Å². The lowest BCUT2D eigenvalue weighted by Crippen LogP contribution is -2.48. The summed E-state index contributed by atoms with van der Waals surface area (Å²) in [5, 5.41) is 11.1. The number of nitriles is 1. The third-order valence-electron chi connectivity index (χ3n) is 2.86. The molecule has 0 saturated carbocycles. The quantitative estimate of drug-likeness (QED) is 0.808. The van der Waals surface area contributed by atoms with Crippen LogP contribution >= 0.6 is 0 Å². The van der Waals surface area contributed by atoms with E-state index in [0.29, 0.717) is 5.56 Å². The number of nitrogens with one attached hydrogen (secondary N) is 1. The van der Waals surface area contributed by atoms with Crippen LogP contribution in [0.4, 0.5) is 4.39 Å². The van der Waals surface area contributed by atoms with Gasteiger partial charge in [-0.05, 0) is 23.6 Å². The molecule has 0 spiro atoms. The molecule has 5 nitrogen and oxygen atoms in total. The number of amides is 2. The lowest BCUT2D eigenvalue weighted by atomic mass is 9.98. The molecule has 1 aromatic rings. The van der Waals surface area contributed by atoms with Crippen molar-refractivity contribution < 1.29 is 14.0 Å². The first-order valence-electron chi connectivity index (χ1n) is 6.14. The molecule has 1 aromatic carbocycles. The van der Waals surface area contributed by atoms with Gasteiger partial charge < -0.3 is 11.1 Å². The Kier molecular flexibility index (Phi) is 5.66. The summed E-state index contributed by atoms with van der Waals surface area (Å²) < 4.78 is 13.0. The zero-order chi connectivity index (χ0) is 15.1. The van der Waals surface area contributed by atoms with Crippen LogP contribution in [0.5, 0.6) is 0 Å². The van der Waals surface area contributed by atoms with Crippen LogP contribution in [0.1, 0.15) is 18.9 Å². The molecule has 20 heavy (non-hydrogen) atoms. The predicted octanol–water partition coefficient (Wildman–Crippen LogP) is 0.888. The van der Waals surface area contributed by atoms with E-state index in [1.54, 1.807) is 13.0 Å². The Morgan fingerprint density at radius 2 is 2.20 bits per heavy atom. The van der Waals surface area contributed by atoms with E-state index >= 15 is 0 Å². The number of nitrogens with two attached hydrogens (primary N) is 1. The summed E-state index contributed by atoms with van der Waals surface area (Å²) in [6.45, 7) is 1.65. The van der Waals surface area contributed by atoms with Crippen LogP contribution in [-0.2, 0) is 16.0 Å². The van der Waals surface area contributed by atoms with Crippen LogP contribution in [0, 0.1) is 23.1 Å². The average molecular weight is 277 g/mol. The molecule has 6 heteroatoms. The first-order chi connectivity index (χ1) is 9.43. The number of halogens is 1. The molecule has 2 atom stereocenters. The zero-order valence-electron chi connectivity index (χ0n) is 11.1. The smallest absolute Gasteiger partial charge is 0.240 e. The van der Waals surface area contributed by atoms with Gasteiger partial charge in [0.1, 0.15) is 11.9 Å². The van der Waals surface area contributed by atoms with Crippen LogP contribution in [0.15, 0.2) is 24.3 Å². The van der Waals surface area contributed by atoms with Gasteiger partial charge in [-0.3, -0.25) is 9.59 Å². The van der Waals surface area contributed by atoms with Gasteiger partial charge in [0.15, 0.2) is 0 Å². The molecule has 0 aliphatic rings. The van der Waals surface area contributed by atoms with Crippen molar-refractivity contribution in [2.45, 2.75) is 25.8 Å². The fourth-order valence-electron chi connectivity index (χ4n) is 1.81. The summed E-state index contributed by atoms with van der Waals surface area (Å²) in [5.74, 6) is -1.95. The molecule has 0 heterocycles. The Morgan fingerprint density at radius 3 is 2.75 bits per heavy atom. The average Bonchev–Trinajstić information content (AvgIpc) is 2.35. The number of rotatable bonds is 6. The second-order valence-corrected chi connectivity index (χ2v) is 4.59. The Morgan fingerprint density at radius 1 is 1.50 bits per heavy atom. The van der Waals surface area contributed by atoms with Crippen molar-refractivity contribution in [2.24, 2.45) is 11.7 Å². The highest BCUT2D eigenvalue weighted by molar-refractivity contribution is 5.87. The standard InChI is InChI=1S/C14H16FN3O2/c1-9(5-6-16)13(14(17)20)18-12(19)8-10-3-2-4-11(15)7-10/h2-4,7,9,13H,5,8H2,1H3,(H2,17,20)(H,18,19)/t9-,13-/m0/s1. The maximum Gasteiger partial charge on any atom is 0.240 e. The molecule has 106 valence electrons. The molecule has 0 unspecified atom stereocenters. The number of primary amides is 1. The predicted molar refractivity (Wildman–Crippen MR) is 70.6 cm³/mol. The van der Waals surface area contributed by atoms with Gasteiger partial charge in [0.25, 0.3) is 0 Å². The van der Waals surface area contributed by atoms with Gasteiger partial charge in [-0.2, -0.15) is 5.26 Å². The first kappa shape index (κ1) is 15.6. The summed E-state index contributed by atoms with van der Waals surface area (Å²) in [7, 11) is 0. The molecule has 3 N–H and O–H groups in total. The molecular weight excluding hydrogens is 261 g/mol. The van der Waals surface area contributed by atoms with E-state index in [4.69, 9.17) is 11.0 Å². The third-order valence-corrected chi connectivity index (χ3v) is 2.86. The van der Waals surface area contributed by atoms with Gasteiger partial charge in [-0.15, -0.1) is 0 Å². The Labute approximate surface area is 116 Å². The summed E-state index contributed by atoms with van der Waals surface area (Å²) in [4.78, 5) is 23.1. The van der Waals surface area contributed by atoms with E-state index in [-0.39, 0.29) is 18.8 Å². The van der Waals surface area contributed by atoms with Gasteiger partial charge in [-0.25, -0.2) is 4.39 Å². The fourth-order valence-corrected chi connectivity index (χ4v) is 1.81. The maximum atomic E-state index is 13.0. The van der Waals surface area contributed by atoms with Gasteiger partial charge in [0, 0.05) is 6.42 Å². The minimum atomic E-state index is -0.907. The highest BCUT2D eigenvalue weighted by Crippen LogP contribution is 2.09. The van der Waals surface area contributed by atoms with E-state index in [1.807, 2.05) is 6.07 Å². The SMILES string of the molecule is C[C@@H](CC#N)[C@H](NC(=O)Cc1cccc(F)c1)C(N)=O. The van der Waals surface area contributed by atoms with Crippen molar-refractivity contribution in [3.63, 3.8) is 0 Å². The fraction of sp³-hybridized carbons (Fsp3) is 0.357. The molecular formula is C14H16FN3O2. The largest absolute Gasteiger partial charge is 0.368 e. The topological polar surface area (TPSA) is 96.0 Å². The third kappa shape index (κ3) is 4.69. The second kappa shape index (κ2) is 7.24. The van der Waals surface area contributed by atoms with Crippen molar-refractivity contribution in [3.8, 4) is 6.07 Å². The molecule has 0 aromatic heterocycles. The lowest BCUT2D eigenvalue weighted by molar-refractivity contribution is -0.128. The van der Waals surface area contributed by atoms with E-state index in [9.17, 15) is 14.0 Å². The van der Waals surface area contributed by atoms with Crippen molar-refractivity contribution in [2.75, 3.05) is 0 Å². The van der Waals surface area contributed by atoms with E-state index in [2.05, 4.69) is 5.32 Å². The lowest BCUT2D eigenvalue weighted by Gasteiger charge is -2.20. The summed E-state index contributed by atoms with van der Waals surface area (Å²) in [6.07, 6.45) is 0.0503. The number of hydrogen-bond donors (Lipinski definition) is 2. The number of carbonyl (C=O) groups excluding carboxylic acids is 2. The van der Waals surface area contributed by atoms with Gasteiger partial charge in [0.05, 0.1) is 12.5 Å². The molecule has 0 aliphatic carbocycles. The van der Waals surface area contributed by atoms with E-state index in [1.165, 1.54) is 18.2 Å². The van der Waals surface area contributed by atoms with Crippen molar-refractivity contribution in [3.05, 3.63) is 35.6 Å². The van der Waals surface area contributed by atoms with Crippen molar-refractivity contribution in [1.82, 2.24) is 5.32 Å². The minimum absolute atomic E-state index is 0.0547. The molecule has 0 radical (unpaired) electrons. The number of nitrogens with zero attached hydrogens (tertiary/aromatic N) is 1. The van der Waals surface area contributed by atoms with Crippen LogP contribution in [0.3, 0.4) is 0 Å². The second-order valence-electron chi connectivity index (χ2n) is 4.59. The Hall–Kier alpha value is -2.42. The van der Waals surface area contributed by atoms with E-state index in [0.717, 1.165) is 0 Å². The van der Waals surface area contributed by atoms with Crippen molar-refractivity contribution >= 4 is 11.8 Å². The molecule has 0 fully saturated rings. The van der Waals surface area contributed by atoms with Crippen LogP contribution in [-0.4, -0.2) is 17.9 Å². The Balaban J connectivity index is 2.67. The van der Waals surface area contributed by atoms with Crippen LogP contribution in [0.2, 0.25) is 0 Å². The normalized spacial score (nSPS) is 13.1. The summed E-state index contributed by atoms with van der Waals surface area (Å²) in [6, 6.07) is 6.66. The molecule has 0 saturated heterocycles. The highest BCUT2D eigenvalue weighted by Gasteiger charge is 2.24. The monoisotopic (exact) mass is 277 g/mol. The molecule has 2 amide bonds. The first-order valence-corrected chi connectivity index (χ1v) is 6.14.